The van der Waals surface area contributed by atoms with Crippen molar-refractivity contribution in [2.75, 3.05) is 0 Å². The van der Waals surface area contributed by atoms with E-state index in [4.69, 9.17) is 0 Å². The first kappa shape index (κ1) is 36.1. The SMILES string of the molecule is Cc1ccc(Cc2cc(Cc3cc(Cc4ccc(C)cc4C)c(C)c(Cc4ccc(C)cc4C)c3)cc(Cc3ccc(C)cc3C)c2C)c(C)c1. The lowest BCUT2D eigenvalue weighted by Gasteiger charge is -2.19. The van der Waals surface area contributed by atoms with Gasteiger partial charge >= 0.3 is 0 Å². The van der Waals surface area contributed by atoms with Crippen LogP contribution in [0.5, 0.6) is 0 Å². The topological polar surface area (TPSA) is 0 Å². The monoisotopic (exact) mass is 668 g/mol. The first-order valence-electron chi connectivity index (χ1n) is 18.8. The lowest BCUT2D eigenvalue weighted by atomic mass is 9.85. The van der Waals surface area contributed by atoms with Gasteiger partial charge in [-0.3, -0.25) is 0 Å². The van der Waals surface area contributed by atoms with Gasteiger partial charge in [0.2, 0.25) is 0 Å². The van der Waals surface area contributed by atoms with E-state index in [9.17, 15) is 0 Å². The van der Waals surface area contributed by atoms with Crippen LogP contribution in [-0.4, -0.2) is 0 Å². The molecule has 0 saturated heterocycles. The van der Waals surface area contributed by atoms with Crippen molar-refractivity contribution in [3.63, 3.8) is 0 Å². The van der Waals surface area contributed by atoms with E-state index in [0.29, 0.717) is 0 Å². The largest absolute Gasteiger partial charge is 0.0590 e. The number of aryl methyl sites for hydroxylation is 8. The predicted molar refractivity (Wildman–Crippen MR) is 220 cm³/mol. The van der Waals surface area contributed by atoms with Crippen LogP contribution in [0.2, 0.25) is 0 Å². The molecule has 0 heteroatoms. The summed E-state index contributed by atoms with van der Waals surface area (Å²) in [7, 11) is 0. The third-order valence-corrected chi connectivity index (χ3v) is 11.3. The van der Waals surface area contributed by atoms with Gasteiger partial charge in [-0.15, -0.1) is 0 Å². The molecule has 6 aromatic carbocycles. The minimum absolute atomic E-state index is 0.917. The van der Waals surface area contributed by atoms with Gasteiger partial charge < -0.3 is 0 Å². The number of hydrogen-bond donors (Lipinski definition) is 0. The van der Waals surface area contributed by atoms with Crippen LogP contribution < -0.4 is 0 Å². The summed E-state index contributed by atoms with van der Waals surface area (Å²) in [5.41, 5.74) is 27.9. The Morgan fingerprint density at radius 3 is 0.706 bits per heavy atom. The molecule has 0 atom stereocenters. The van der Waals surface area contributed by atoms with E-state index >= 15 is 0 Å². The van der Waals surface area contributed by atoms with Crippen LogP contribution in [0.1, 0.15) is 111 Å². The maximum atomic E-state index is 2.51. The van der Waals surface area contributed by atoms with Gasteiger partial charge in [-0.05, 0) is 190 Å². The Hall–Kier alpha value is -4.68. The molecular weight excluding hydrogens is 613 g/mol. The molecule has 0 bridgehead atoms. The summed E-state index contributed by atoms with van der Waals surface area (Å²) < 4.78 is 0. The van der Waals surface area contributed by atoms with Crippen LogP contribution in [0, 0.1) is 69.2 Å². The highest BCUT2D eigenvalue weighted by Gasteiger charge is 2.15. The lowest BCUT2D eigenvalue weighted by Crippen LogP contribution is -2.06. The van der Waals surface area contributed by atoms with E-state index in [1.807, 2.05) is 0 Å². The third-order valence-electron chi connectivity index (χ3n) is 11.3. The second-order valence-corrected chi connectivity index (χ2v) is 15.7. The minimum atomic E-state index is 0.917. The van der Waals surface area contributed by atoms with Crippen molar-refractivity contribution in [3.8, 4) is 0 Å². The molecule has 0 saturated carbocycles. The van der Waals surface area contributed by atoms with Crippen molar-refractivity contribution >= 4 is 0 Å². The van der Waals surface area contributed by atoms with E-state index in [-0.39, 0.29) is 0 Å². The summed E-state index contributed by atoms with van der Waals surface area (Å²) in [6.07, 6.45) is 4.73. The van der Waals surface area contributed by atoms with Crippen molar-refractivity contribution in [2.24, 2.45) is 0 Å². The Morgan fingerprint density at radius 2 is 0.490 bits per heavy atom. The van der Waals surface area contributed by atoms with Crippen molar-refractivity contribution in [3.05, 3.63) is 208 Å². The van der Waals surface area contributed by atoms with Crippen LogP contribution in [0.15, 0.2) is 97.1 Å². The van der Waals surface area contributed by atoms with Gasteiger partial charge in [-0.1, -0.05) is 119 Å². The van der Waals surface area contributed by atoms with Crippen molar-refractivity contribution in [1.82, 2.24) is 0 Å². The maximum absolute atomic E-state index is 2.51. The van der Waals surface area contributed by atoms with Crippen molar-refractivity contribution in [1.29, 1.82) is 0 Å². The van der Waals surface area contributed by atoms with E-state index in [0.717, 1.165) is 32.1 Å². The molecule has 0 aliphatic carbocycles. The van der Waals surface area contributed by atoms with E-state index in [1.54, 1.807) is 0 Å². The van der Waals surface area contributed by atoms with Gasteiger partial charge in [0, 0.05) is 0 Å². The van der Waals surface area contributed by atoms with E-state index < -0.39 is 0 Å². The Bertz CT molecular complexity index is 1920. The van der Waals surface area contributed by atoms with Gasteiger partial charge in [-0.2, -0.15) is 0 Å². The molecule has 0 aliphatic rings. The van der Waals surface area contributed by atoms with E-state index in [2.05, 4.69) is 166 Å². The average molecular weight is 669 g/mol. The van der Waals surface area contributed by atoms with Gasteiger partial charge in [0.05, 0.1) is 0 Å². The number of rotatable bonds is 10. The molecule has 6 rings (SSSR count). The van der Waals surface area contributed by atoms with Crippen LogP contribution >= 0.6 is 0 Å². The van der Waals surface area contributed by atoms with Crippen LogP contribution in [0.4, 0.5) is 0 Å². The molecule has 260 valence electrons. The second-order valence-electron chi connectivity index (χ2n) is 15.7. The zero-order valence-corrected chi connectivity index (χ0v) is 32.8. The van der Waals surface area contributed by atoms with Crippen molar-refractivity contribution in [2.45, 2.75) is 101 Å². The highest BCUT2D eigenvalue weighted by Crippen LogP contribution is 2.30. The summed E-state index contributed by atoms with van der Waals surface area (Å²) in [4.78, 5) is 0. The summed E-state index contributed by atoms with van der Waals surface area (Å²) in [6.45, 7) is 22.5. The molecule has 0 aliphatic heterocycles. The predicted octanol–water partition coefficient (Wildman–Crippen LogP) is 12.7. The van der Waals surface area contributed by atoms with Gasteiger partial charge in [0.25, 0.3) is 0 Å². The lowest BCUT2D eigenvalue weighted by molar-refractivity contribution is 1.02. The minimum Gasteiger partial charge on any atom is -0.0590 e. The summed E-state index contributed by atoms with van der Waals surface area (Å²) in [6, 6.07) is 37.7. The molecule has 0 nitrogen and oxygen atoms in total. The maximum Gasteiger partial charge on any atom is -0.00203 e. The van der Waals surface area contributed by atoms with Crippen LogP contribution in [0.3, 0.4) is 0 Å². The molecule has 0 amide bonds. The zero-order valence-electron chi connectivity index (χ0n) is 32.8. The molecule has 0 fully saturated rings. The zero-order chi connectivity index (χ0) is 36.4. The Balaban J connectivity index is 1.44. The van der Waals surface area contributed by atoms with Gasteiger partial charge in [-0.25, -0.2) is 0 Å². The number of benzene rings is 6. The average Bonchev–Trinajstić information content (AvgIpc) is 3.06. The molecular formula is C51H56. The fraction of sp³-hybridized carbons (Fsp3) is 0.294. The standard InChI is InChI=1S/C51H56/c1-32-11-15-44(36(5)19-32)28-48-24-42(25-49(40(48)9)29-45-16-12-33(2)20-37(45)6)23-43-26-50(30-46-17-13-34(3)21-38(46)7)41(10)51(27-43)31-47-18-14-35(4)22-39(47)8/h11-22,24-27H,23,28-31H2,1-10H3. The first-order valence-corrected chi connectivity index (χ1v) is 18.8. The highest BCUT2D eigenvalue weighted by atomic mass is 14.2. The molecule has 6 aromatic rings. The Morgan fingerprint density at radius 1 is 0.255 bits per heavy atom. The van der Waals surface area contributed by atoms with Gasteiger partial charge in [0.15, 0.2) is 0 Å². The van der Waals surface area contributed by atoms with Crippen LogP contribution in [0.25, 0.3) is 0 Å². The summed E-state index contributed by atoms with van der Waals surface area (Å²) in [5, 5.41) is 0. The third kappa shape index (κ3) is 8.62. The summed E-state index contributed by atoms with van der Waals surface area (Å²) in [5.74, 6) is 0. The van der Waals surface area contributed by atoms with Crippen molar-refractivity contribution < 1.29 is 0 Å². The smallest absolute Gasteiger partial charge is 0.00203 e. The summed E-state index contributed by atoms with van der Waals surface area (Å²) >= 11 is 0. The molecule has 0 radical (unpaired) electrons. The molecule has 0 spiro atoms. The molecule has 0 unspecified atom stereocenters. The molecule has 0 heterocycles. The highest BCUT2D eigenvalue weighted by molar-refractivity contribution is 5.50. The molecule has 51 heavy (non-hydrogen) atoms. The Labute approximate surface area is 308 Å². The molecule has 0 aromatic heterocycles. The first-order chi connectivity index (χ1) is 24.3. The van der Waals surface area contributed by atoms with E-state index in [1.165, 1.54) is 111 Å². The molecule has 0 N–H and O–H groups in total. The van der Waals surface area contributed by atoms with Crippen LogP contribution in [-0.2, 0) is 32.1 Å². The Kier molecular flexibility index (Phi) is 10.8. The fourth-order valence-electron chi connectivity index (χ4n) is 8.00. The fourth-order valence-corrected chi connectivity index (χ4v) is 8.00. The normalized spacial score (nSPS) is 11.3. The quantitative estimate of drug-likeness (QED) is 0.136. The van der Waals surface area contributed by atoms with Gasteiger partial charge in [0.1, 0.15) is 0 Å². The number of hydrogen-bond acceptors (Lipinski definition) is 0. The second kappa shape index (κ2) is 15.3.